The van der Waals surface area contributed by atoms with Gasteiger partial charge in [-0.1, -0.05) is 6.92 Å². The van der Waals surface area contributed by atoms with Crippen LogP contribution >= 0.6 is 11.8 Å². The monoisotopic (exact) mass is 227 g/mol. The average Bonchev–Trinajstić information content (AvgIpc) is 2.65. The molecule has 0 aromatic carbocycles. The molecular weight excluding hydrogens is 206 g/mol. The predicted molar refractivity (Wildman–Crippen MR) is 67.2 cm³/mol. The second kappa shape index (κ2) is 6.90. The maximum atomic E-state index is 4.22. The summed E-state index contributed by atoms with van der Waals surface area (Å²) in [6.07, 6.45) is 8.57. The molecule has 0 aliphatic heterocycles. The molecule has 1 rings (SSSR count). The molecule has 1 unspecified atom stereocenters. The third kappa shape index (κ3) is 4.26. The van der Waals surface area contributed by atoms with Crippen LogP contribution in [0.25, 0.3) is 0 Å². The fraction of sp³-hybridized carbons (Fsp3) is 0.727. The Kier molecular flexibility index (Phi) is 5.79. The Balaban J connectivity index is 2.54. The average molecular weight is 227 g/mol. The maximum Gasteiger partial charge on any atom is 0.0537 e. The first-order valence-corrected chi connectivity index (χ1v) is 6.88. The molecule has 3 nitrogen and oxygen atoms in total. The van der Waals surface area contributed by atoms with E-state index in [1.54, 1.807) is 0 Å². The van der Waals surface area contributed by atoms with Crippen LogP contribution in [0.3, 0.4) is 0 Å². The zero-order valence-corrected chi connectivity index (χ0v) is 10.7. The van der Waals surface area contributed by atoms with Gasteiger partial charge in [0.1, 0.15) is 0 Å². The lowest BCUT2D eigenvalue weighted by atomic mass is 10.1. The smallest absolute Gasteiger partial charge is 0.0537 e. The van der Waals surface area contributed by atoms with E-state index >= 15 is 0 Å². The molecule has 15 heavy (non-hydrogen) atoms. The van der Waals surface area contributed by atoms with Gasteiger partial charge in [-0.05, 0) is 31.4 Å². The standard InChI is InChI=1S/C11H21N3S/c1-4-6-12-11(5-7-15-3)10-8-13-14(2)9-10/h8-9,11-12H,4-7H2,1-3H3. The third-order valence-corrected chi connectivity index (χ3v) is 3.02. The predicted octanol–water partition coefficient (Wildman–Crippen LogP) is 2.21. The number of nitrogens with zero attached hydrogens (tertiary/aromatic N) is 2. The van der Waals surface area contributed by atoms with Crippen LogP contribution < -0.4 is 5.32 Å². The molecule has 0 saturated heterocycles. The molecule has 0 aliphatic rings. The van der Waals surface area contributed by atoms with Gasteiger partial charge in [-0.15, -0.1) is 0 Å². The van der Waals surface area contributed by atoms with Gasteiger partial charge < -0.3 is 5.32 Å². The Labute approximate surface area is 96.6 Å². The summed E-state index contributed by atoms with van der Waals surface area (Å²) in [4.78, 5) is 0. The first-order chi connectivity index (χ1) is 7.27. The largest absolute Gasteiger partial charge is 0.310 e. The molecule has 86 valence electrons. The summed E-state index contributed by atoms with van der Waals surface area (Å²) in [6.45, 7) is 3.27. The summed E-state index contributed by atoms with van der Waals surface area (Å²) in [5, 5.41) is 7.79. The van der Waals surface area contributed by atoms with Gasteiger partial charge in [0, 0.05) is 24.8 Å². The second-order valence-electron chi connectivity index (χ2n) is 3.74. The Morgan fingerprint density at radius 1 is 1.60 bits per heavy atom. The Hall–Kier alpha value is -0.480. The lowest BCUT2D eigenvalue weighted by Gasteiger charge is -2.16. The van der Waals surface area contributed by atoms with Crippen LogP contribution in [0, 0.1) is 0 Å². The van der Waals surface area contributed by atoms with Gasteiger partial charge in [0.05, 0.1) is 6.20 Å². The number of hydrogen-bond donors (Lipinski definition) is 1. The highest BCUT2D eigenvalue weighted by atomic mass is 32.2. The van der Waals surface area contributed by atoms with Crippen molar-refractivity contribution in [3.63, 3.8) is 0 Å². The summed E-state index contributed by atoms with van der Waals surface area (Å²) >= 11 is 1.90. The highest BCUT2D eigenvalue weighted by Crippen LogP contribution is 2.17. The van der Waals surface area contributed by atoms with E-state index in [2.05, 4.69) is 29.8 Å². The molecule has 0 fully saturated rings. The quantitative estimate of drug-likeness (QED) is 0.774. The van der Waals surface area contributed by atoms with Crippen molar-refractivity contribution in [2.45, 2.75) is 25.8 Å². The fourth-order valence-electron chi connectivity index (χ4n) is 1.56. The van der Waals surface area contributed by atoms with E-state index in [4.69, 9.17) is 0 Å². The number of hydrogen-bond acceptors (Lipinski definition) is 3. The van der Waals surface area contributed by atoms with E-state index in [-0.39, 0.29) is 0 Å². The lowest BCUT2D eigenvalue weighted by Crippen LogP contribution is -2.22. The van der Waals surface area contributed by atoms with Gasteiger partial charge >= 0.3 is 0 Å². The minimum absolute atomic E-state index is 0.464. The van der Waals surface area contributed by atoms with E-state index in [0.29, 0.717) is 6.04 Å². The molecule has 0 radical (unpaired) electrons. The molecule has 0 spiro atoms. The van der Waals surface area contributed by atoms with Crippen LogP contribution in [0.15, 0.2) is 12.4 Å². The number of nitrogens with one attached hydrogen (secondary N) is 1. The molecule has 1 aromatic heterocycles. The molecule has 0 bridgehead atoms. The first-order valence-electron chi connectivity index (χ1n) is 5.48. The Morgan fingerprint density at radius 3 is 2.93 bits per heavy atom. The molecule has 0 amide bonds. The van der Waals surface area contributed by atoms with Crippen molar-refractivity contribution in [1.29, 1.82) is 0 Å². The molecule has 0 saturated carbocycles. The van der Waals surface area contributed by atoms with Crippen LogP contribution in [0.2, 0.25) is 0 Å². The van der Waals surface area contributed by atoms with Crippen LogP contribution in [-0.2, 0) is 7.05 Å². The number of aryl methyl sites for hydroxylation is 1. The van der Waals surface area contributed by atoms with E-state index in [0.717, 1.165) is 6.54 Å². The molecule has 4 heteroatoms. The van der Waals surface area contributed by atoms with Crippen molar-refractivity contribution in [3.8, 4) is 0 Å². The van der Waals surface area contributed by atoms with Gasteiger partial charge in [-0.2, -0.15) is 16.9 Å². The van der Waals surface area contributed by atoms with Crippen molar-refractivity contribution in [1.82, 2.24) is 15.1 Å². The van der Waals surface area contributed by atoms with Crippen LogP contribution in [-0.4, -0.2) is 28.3 Å². The topological polar surface area (TPSA) is 29.9 Å². The third-order valence-electron chi connectivity index (χ3n) is 2.38. The van der Waals surface area contributed by atoms with Crippen LogP contribution in [0.4, 0.5) is 0 Å². The first kappa shape index (κ1) is 12.6. The minimum Gasteiger partial charge on any atom is -0.310 e. The normalized spacial score (nSPS) is 13.0. The van der Waals surface area contributed by atoms with Gasteiger partial charge in [0.15, 0.2) is 0 Å². The zero-order chi connectivity index (χ0) is 11.1. The summed E-state index contributed by atoms with van der Waals surface area (Å²) in [7, 11) is 1.97. The van der Waals surface area contributed by atoms with Crippen molar-refractivity contribution >= 4 is 11.8 Å². The fourth-order valence-corrected chi connectivity index (χ4v) is 2.03. The van der Waals surface area contributed by atoms with Crippen LogP contribution in [0.5, 0.6) is 0 Å². The van der Waals surface area contributed by atoms with Gasteiger partial charge in [0.25, 0.3) is 0 Å². The van der Waals surface area contributed by atoms with Crippen LogP contribution in [0.1, 0.15) is 31.4 Å². The maximum absolute atomic E-state index is 4.22. The molecule has 1 atom stereocenters. The molecule has 0 aliphatic carbocycles. The number of rotatable bonds is 7. The molecular formula is C11H21N3S. The Morgan fingerprint density at radius 2 is 2.40 bits per heavy atom. The number of aromatic nitrogens is 2. The lowest BCUT2D eigenvalue weighted by molar-refractivity contribution is 0.521. The zero-order valence-electron chi connectivity index (χ0n) is 9.86. The summed E-state index contributed by atoms with van der Waals surface area (Å²) in [6, 6.07) is 0.464. The highest BCUT2D eigenvalue weighted by Gasteiger charge is 2.11. The van der Waals surface area contributed by atoms with Crippen molar-refractivity contribution in [2.24, 2.45) is 7.05 Å². The molecule has 1 aromatic rings. The summed E-state index contributed by atoms with van der Waals surface area (Å²) in [5.41, 5.74) is 1.31. The molecule has 1 N–H and O–H groups in total. The molecule has 1 heterocycles. The second-order valence-corrected chi connectivity index (χ2v) is 4.72. The van der Waals surface area contributed by atoms with Gasteiger partial charge in [-0.25, -0.2) is 0 Å². The SMILES string of the molecule is CCCNC(CCSC)c1cnn(C)c1. The minimum atomic E-state index is 0.464. The highest BCUT2D eigenvalue weighted by molar-refractivity contribution is 7.98. The van der Waals surface area contributed by atoms with E-state index in [1.807, 2.05) is 29.7 Å². The van der Waals surface area contributed by atoms with E-state index in [9.17, 15) is 0 Å². The van der Waals surface area contributed by atoms with E-state index < -0.39 is 0 Å². The summed E-state index contributed by atoms with van der Waals surface area (Å²) in [5.74, 6) is 1.19. The van der Waals surface area contributed by atoms with Crippen molar-refractivity contribution in [3.05, 3.63) is 18.0 Å². The Bertz CT molecular complexity index is 265. The van der Waals surface area contributed by atoms with Crippen molar-refractivity contribution < 1.29 is 0 Å². The van der Waals surface area contributed by atoms with Gasteiger partial charge in [0.2, 0.25) is 0 Å². The number of thioether (sulfide) groups is 1. The van der Waals surface area contributed by atoms with Crippen molar-refractivity contribution in [2.75, 3.05) is 18.6 Å². The van der Waals surface area contributed by atoms with E-state index in [1.165, 1.54) is 24.2 Å². The van der Waals surface area contributed by atoms with Gasteiger partial charge in [-0.3, -0.25) is 4.68 Å². The summed E-state index contributed by atoms with van der Waals surface area (Å²) < 4.78 is 1.87.